The topological polar surface area (TPSA) is 72.7 Å². The molecule has 1 N–H and O–H groups in total. The lowest BCUT2D eigenvalue weighted by atomic mass is 10.1. The van der Waals surface area contributed by atoms with E-state index in [2.05, 4.69) is 20.4 Å². The molecule has 0 saturated heterocycles. The van der Waals surface area contributed by atoms with Crippen molar-refractivity contribution in [1.82, 2.24) is 19.7 Å². The highest BCUT2D eigenvalue weighted by molar-refractivity contribution is 7.13. The minimum atomic E-state index is -0.241. The molecule has 4 aromatic rings. The molecule has 0 aliphatic heterocycles. The van der Waals surface area contributed by atoms with E-state index in [4.69, 9.17) is 0 Å². The quantitative estimate of drug-likeness (QED) is 0.536. The van der Waals surface area contributed by atoms with Crippen molar-refractivity contribution in [2.45, 2.75) is 0 Å². The zero-order valence-electron chi connectivity index (χ0n) is 14.2. The largest absolute Gasteiger partial charge is 0.298 e. The number of aromatic nitrogens is 4. The summed E-state index contributed by atoms with van der Waals surface area (Å²) in [5.74, 6) is -0.241. The Morgan fingerprint density at radius 1 is 1.11 bits per heavy atom. The highest BCUT2D eigenvalue weighted by Gasteiger charge is 2.11. The van der Waals surface area contributed by atoms with Crippen molar-refractivity contribution in [1.29, 1.82) is 0 Å². The van der Waals surface area contributed by atoms with E-state index < -0.39 is 0 Å². The Bertz CT molecular complexity index is 1060. The number of nitrogens with one attached hydrogen (secondary N) is 1. The van der Waals surface area contributed by atoms with Gasteiger partial charge in [-0.3, -0.25) is 15.1 Å². The van der Waals surface area contributed by atoms with Crippen molar-refractivity contribution in [2.24, 2.45) is 0 Å². The number of pyridine rings is 1. The van der Waals surface area contributed by atoms with Crippen LogP contribution in [-0.4, -0.2) is 25.7 Å². The van der Waals surface area contributed by atoms with Crippen molar-refractivity contribution in [3.05, 3.63) is 84.3 Å². The van der Waals surface area contributed by atoms with Gasteiger partial charge in [0.05, 0.1) is 5.69 Å². The molecule has 0 aliphatic carbocycles. The summed E-state index contributed by atoms with van der Waals surface area (Å²) in [6.07, 6.45) is 10.2. The molecule has 0 radical (unpaired) electrons. The third-order valence-corrected chi connectivity index (χ3v) is 4.46. The van der Waals surface area contributed by atoms with Crippen LogP contribution in [0, 0.1) is 0 Å². The number of rotatable bonds is 5. The lowest BCUT2D eigenvalue weighted by molar-refractivity contribution is -0.111. The lowest BCUT2D eigenvalue weighted by Gasteiger charge is -2.00. The molecule has 3 heterocycles. The van der Waals surface area contributed by atoms with Crippen molar-refractivity contribution in [3.8, 4) is 16.9 Å². The zero-order chi connectivity index (χ0) is 18.5. The molecule has 0 aliphatic rings. The fourth-order valence-electron chi connectivity index (χ4n) is 2.55. The number of hydrogen-bond acceptors (Lipinski definition) is 5. The molecule has 6 nitrogen and oxygen atoms in total. The van der Waals surface area contributed by atoms with Crippen LogP contribution >= 0.6 is 11.3 Å². The van der Waals surface area contributed by atoms with Crippen molar-refractivity contribution in [2.75, 3.05) is 5.32 Å². The zero-order valence-corrected chi connectivity index (χ0v) is 15.0. The summed E-state index contributed by atoms with van der Waals surface area (Å²) in [6, 6.07) is 13.6. The summed E-state index contributed by atoms with van der Waals surface area (Å²) in [5.41, 5.74) is 3.40. The van der Waals surface area contributed by atoms with E-state index in [0.29, 0.717) is 5.13 Å². The maximum Gasteiger partial charge on any atom is 0.250 e. The number of amides is 1. The molecule has 3 aromatic heterocycles. The Morgan fingerprint density at radius 3 is 2.74 bits per heavy atom. The highest BCUT2D eigenvalue weighted by Crippen LogP contribution is 2.24. The molecule has 7 heteroatoms. The number of nitrogens with zero attached hydrogens (tertiary/aromatic N) is 4. The predicted octanol–water partition coefficient (Wildman–Crippen LogP) is 4.04. The SMILES string of the molecule is O=C(/C=C/c1cn(-c2ccccc2)nc1-c1cccnc1)Nc1nccs1. The Morgan fingerprint density at radius 2 is 2.00 bits per heavy atom. The van der Waals surface area contributed by atoms with Crippen LogP contribution in [0.25, 0.3) is 23.0 Å². The van der Waals surface area contributed by atoms with Gasteiger partial charge in [0.1, 0.15) is 5.69 Å². The molecule has 27 heavy (non-hydrogen) atoms. The molecule has 0 atom stereocenters. The molecular formula is C20H15N5OS. The second kappa shape index (κ2) is 7.76. The van der Waals surface area contributed by atoms with E-state index in [1.54, 1.807) is 29.3 Å². The fourth-order valence-corrected chi connectivity index (χ4v) is 3.08. The van der Waals surface area contributed by atoms with Crippen LogP contribution in [0.1, 0.15) is 5.56 Å². The molecule has 0 spiro atoms. The third kappa shape index (κ3) is 3.99. The van der Waals surface area contributed by atoms with Crippen molar-refractivity contribution >= 4 is 28.5 Å². The first kappa shape index (κ1) is 16.9. The minimum absolute atomic E-state index is 0.241. The predicted molar refractivity (Wildman–Crippen MR) is 107 cm³/mol. The molecule has 0 fully saturated rings. The summed E-state index contributed by atoms with van der Waals surface area (Å²) in [7, 11) is 0. The number of thiazole rings is 1. The van der Waals surface area contributed by atoms with Gasteiger partial charge in [-0.15, -0.1) is 11.3 Å². The number of carbonyl (C=O) groups is 1. The van der Waals surface area contributed by atoms with Crippen LogP contribution in [0.2, 0.25) is 0 Å². The molecule has 0 unspecified atom stereocenters. The van der Waals surface area contributed by atoms with Gasteiger partial charge in [0, 0.05) is 47.4 Å². The fraction of sp³-hybridized carbons (Fsp3) is 0. The molecule has 1 aromatic carbocycles. The van der Waals surface area contributed by atoms with Crippen molar-refractivity contribution in [3.63, 3.8) is 0 Å². The van der Waals surface area contributed by atoms with Gasteiger partial charge in [-0.2, -0.15) is 5.10 Å². The maximum absolute atomic E-state index is 12.1. The summed E-state index contributed by atoms with van der Waals surface area (Å²) < 4.78 is 1.79. The number of anilines is 1. The minimum Gasteiger partial charge on any atom is -0.298 e. The van der Waals surface area contributed by atoms with Gasteiger partial charge in [0.25, 0.3) is 0 Å². The van der Waals surface area contributed by atoms with Gasteiger partial charge >= 0.3 is 0 Å². The molecule has 4 rings (SSSR count). The van der Waals surface area contributed by atoms with Gasteiger partial charge in [0.2, 0.25) is 5.91 Å². The molecular weight excluding hydrogens is 358 g/mol. The number of para-hydroxylation sites is 1. The van der Waals surface area contributed by atoms with E-state index in [1.165, 1.54) is 17.4 Å². The number of carbonyl (C=O) groups excluding carboxylic acids is 1. The first-order chi connectivity index (χ1) is 13.3. The Labute approximate surface area is 159 Å². The van der Waals surface area contributed by atoms with Gasteiger partial charge in [-0.1, -0.05) is 18.2 Å². The molecule has 0 bridgehead atoms. The standard InChI is InChI=1S/C20H15N5OS/c26-18(23-20-22-11-12-27-20)9-8-16-14-25(17-6-2-1-3-7-17)24-19(16)15-5-4-10-21-13-15/h1-14H,(H,22,23,26)/b9-8+. The van der Waals surface area contributed by atoms with E-state index >= 15 is 0 Å². The van der Waals surface area contributed by atoms with Gasteiger partial charge in [-0.05, 0) is 30.3 Å². The van der Waals surface area contributed by atoms with Crippen LogP contribution in [0.3, 0.4) is 0 Å². The summed E-state index contributed by atoms with van der Waals surface area (Å²) in [4.78, 5) is 20.4. The molecule has 132 valence electrons. The number of hydrogen-bond donors (Lipinski definition) is 1. The normalized spacial score (nSPS) is 11.0. The van der Waals surface area contributed by atoms with E-state index in [9.17, 15) is 4.79 Å². The van der Waals surface area contributed by atoms with Crippen molar-refractivity contribution < 1.29 is 4.79 Å². The van der Waals surface area contributed by atoms with E-state index in [-0.39, 0.29) is 5.91 Å². The monoisotopic (exact) mass is 373 g/mol. The van der Waals surface area contributed by atoms with Gasteiger partial charge < -0.3 is 0 Å². The summed E-state index contributed by atoms with van der Waals surface area (Å²) in [5, 5.41) is 9.80. The van der Waals surface area contributed by atoms with E-state index in [0.717, 1.165) is 22.5 Å². The Hall–Kier alpha value is -3.58. The first-order valence-electron chi connectivity index (χ1n) is 8.23. The van der Waals surface area contributed by atoms with Crippen LogP contribution in [-0.2, 0) is 4.79 Å². The lowest BCUT2D eigenvalue weighted by Crippen LogP contribution is -2.07. The van der Waals surface area contributed by atoms with E-state index in [1.807, 2.05) is 54.0 Å². The van der Waals surface area contributed by atoms with Crippen LogP contribution < -0.4 is 5.32 Å². The summed E-state index contributed by atoms with van der Waals surface area (Å²) >= 11 is 1.37. The maximum atomic E-state index is 12.1. The first-order valence-corrected chi connectivity index (χ1v) is 9.11. The smallest absolute Gasteiger partial charge is 0.250 e. The average molecular weight is 373 g/mol. The number of benzene rings is 1. The van der Waals surface area contributed by atoms with Crippen LogP contribution in [0.4, 0.5) is 5.13 Å². The van der Waals surface area contributed by atoms with Crippen LogP contribution in [0.15, 0.2) is 78.7 Å². The summed E-state index contributed by atoms with van der Waals surface area (Å²) in [6.45, 7) is 0. The second-order valence-corrected chi connectivity index (χ2v) is 6.51. The Balaban J connectivity index is 1.67. The average Bonchev–Trinajstić information content (AvgIpc) is 3.37. The highest BCUT2D eigenvalue weighted by atomic mass is 32.1. The molecule has 1 amide bonds. The second-order valence-electron chi connectivity index (χ2n) is 5.61. The van der Waals surface area contributed by atoms with Gasteiger partial charge in [-0.25, -0.2) is 9.67 Å². The Kier molecular flexibility index (Phi) is 4.84. The van der Waals surface area contributed by atoms with Gasteiger partial charge in [0.15, 0.2) is 5.13 Å². The molecule has 0 saturated carbocycles. The van der Waals surface area contributed by atoms with Crippen LogP contribution in [0.5, 0.6) is 0 Å². The third-order valence-electron chi connectivity index (χ3n) is 3.77.